The molecule has 0 aromatic carbocycles. The molecule has 0 aliphatic carbocycles. The summed E-state index contributed by atoms with van der Waals surface area (Å²) < 4.78 is 0. The monoisotopic (exact) mass is 364 g/mol. The number of aliphatic imine (C=N–C) groups is 1. The Morgan fingerprint density at radius 1 is 1.39 bits per heavy atom. The number of nitrogens with two attached hydrogens (primary N) is 1. The van der Waals surface area contributed by atoms with E-state index in [1.807, 2.05) is 20.8 Å². The lowest BCUT2D eigenvalue weighted by atomic mass is 10.1. The Morgan fingerprint density at radius 2 is 2.11 bits per heavy atom. The van der Waals surface area contributed by atoms with Gasteiger partial charge in [-0.25, -0.2) is 4.98 Å². The summed E-state index contributed by atoms with van der Waals surface area (Å²) in [6.07, 6.45) is 4.94. The van der Waals surface area contributed by atoms with Crippen molar-refractivity contribution in [1.82, 2.24) is 15.3 Å². The van der Waals surface area contributed by atoms with E-state index in [0.29, 0.717) is 19.0 Å². The SMILES string of the molecule is CC(C)(C)NC(N)=NCCNc1cnccn1.I. The van der Waals surface area contributed by atoms with Gasteiger partial charge in [-0.3, -0.25) is 9.98 Å². The minimum atomic E-state index is -0.0636. The maximum atomic E-state index is 5.72. The van der Waals surface area contributed by atoms with Gasteiger partial charge >= 0.3 is 0 Å². The molecule has 0 saturated heterocycles. The molecule has 1 aromatic heterocycles. The van der Waals surface area contributed by atoms with Gasteiger partial charge in [0, 0.05) is 24.5 Å². The number of guanidine groups is 1. The van der Waals surface area contributed by atoms with Crippen LogP contribution in [0.5, 0.6) is 0 Å². The molecule has 0 atom stereocenters. The van der Waals surface area contributed by atoms with Crippen LogP contribution in [0.15, 0.2) is 23.6 Å². The molecule has 1 heterocycles. The van der Waals surface area contributed by atoms with E-state index in [0.717, 1.165) is 5.82 Å². The van der Waals surface area contributed by atoms with E-state index in [1.54, 1.807) is 18.6 Å². The standard InChI is InChI=1S/C11H20N6.HI/c1-11(2,3)17-10(12)16-7-6-15-9-8-13-4-5-14-9;/h4-5,8H,6-7H2,1-3H3,(H,14,15)(H3,12,16,17);1H. The summed E-state index contributed by atoms with van der Waals surface area (Å²) in [6.45, 7) is 7.37. The molecule has 6 nitrogen and oxygen atoms in total. The van der Waals surface area contributed by atoms with E-state index in [1.165, 1.54) is 0 Å². The summed E-state index contributed by atoms with van der Waals surface area (Å²) in [4.78, 5) is 12.2. The maximum absolute atomic E-state index is 5.72. The van der Waals surface area contributed by atoms with Crippen LogP contribution in [-0.4, -0.2) is 34.6 Å². The van der Waals surface area contributed by atoms with Gasteiger partial charge in [0.15, 0.2) is 5.96 Å². The smallest absolute Gasteiger partial charge is 0.189 e. The molecule has 0 fully saturated rings. The van der Waals surface area contributed by atoms with Crippen LogP contribution in [0.1, 0.15) is 20.8 Å². The molecule has 0 aliphatic rings. The fourth-order valence-corrected chi connectivity index (χ4v) is 1.17. The number of anilines is 1. The second kappa shape index (κ2) is 8.06. The van der Waals surface area contributed by atoms with Crippen LogP contribution in [-0.2, 0) is 0 Å². The fraction of sp³-hybridized carbons (Fsp3) is 0.545. The minimum absolute atomic E-state index is 0. The average molecular weight is 364 g/mol. The highest BCUT2D eigenvalue weighted by Crippen LogP contribution is 1.97. The van der Waals surface area contributed by atoms with Crippen molar-refractivity contribution in [2.45, 2.75) is 26.3 Å². The first-order chi connectivity index (χ1) is 7.97. The number of hydrogen-bond acceptors (Lipinski definition) is 4. The van der Waals surface area contributed by atoms with Gasteiger partial charge in [0.2, 0.25) is 0 Å². The van der Waals surface area contributed by atoms with Crippen molar-refractivity contribution in [3.05, 3.63) is 18.6 Å². The summed E-state index contributed by atoms with van der Waals surface area (Å²) in [6, 6.07) is 0. The molecule has 102 valence electrons. The first-order valence-electron chi connectivity index (χ1n) is 5.55. The molecule has 0 aliphatic heterocycles. The fourth-order valence-electron chi connectivity index (χ4n) is 1.17. The summed E-state index contributed by atoms with van der Waals surface area (Å²) in [7, 11) is 0. The second-order valence-electron chi connectivity index (χ2n) is 4.66. The van der Waals surface area contributed by atoms with Gasteiger partial charge in [-0.05, 0) is 20.8 Å². The lowest BCUT2D eigenvalue weighted by Gasteiger charge is -2.20. The quantitative estimate of drug-likeness (QED) is 0.324. The van der Waals surface area contributed by atoms with E-state index < -0.39 is 0 Å². The van der Waals surface area contributed by atoms with E-state index in [2.05, 4.69) is 25.6 Å². The lowest BCUT2D eigenvalue weighted by Crippen LogP contribution is -2.45. The molecule has 0 unspecified atom stereocenters. The van der Waals surface area contributed by atoms with Gasteiger partial charge in [0.25, 0.3) is 0 Å². The number of hydrogen-bond donors (Lipinski definition) is 3. The normalized spacial score (nSPS) is 11.6. The van der Waals surface area contributed by atoms with Crippen molar-refractivity contribution < 1.29 is 0 Å². The third-order valence-electron chi connectivity index (χ3n) is 1.77. The summed E-state index contributed by atoms with van der Waals surface area (Å²) in [5.74, 6) is 1.20. The highest BCUT2D eigenvalue weighted by atomic mass is 127. The predicted octanol–water partition coefficient (Wildman–Crippen LogP) is 1.21. The highest BCUT2D eigenvalue weighted by Gasteiger charge is 2.09. The molecule has 7 heteroatoms. The second-order valence-corrected chi connectivity index (χ2v) is 4.66. The first-order valence-corrected chi connectivity index (χ1v) is 5.55. The molecule has 0 bridgehead atoms. The van der Waals surface area contributed by atoms with Crippen molar-refractivity contribution in [2.24, 2.45) is 10.7 Å². The van der Waals surface area contributed by atoms with Crippen molar-refractivity contribution in [2.75, 3.05) is 18.4 Å². The third kappa shape index (κ3) is 8.04. The van der Waals surface area contributed by atoms with E-state index in [-0.39, 0.29) is 29.5 Å². The zero-order chi connectivity index (χ0) is 12.7. The van der Waals surface area contributed by atoms with Crippen molar-refractivity contribution >= 4 is 35.8 Å². The van der Waals surface area contributed by atoms with Crippen LogP contribution in [0.3, 0.4) is 0 Å². The Kier molecular flexibility index (Phi) is 7.56. The van der Waals surface area contributed by atoms with Crippen LogP contribution in [0.25, 0.3) is 0 Å². The van der Waals surface area contributed by atoms with Crippen molar-refractivity contribution in [3.63, 3.8) is 0 Å². The van der Waals surface area contributed by atoms with Crippen LogP contribution in [0.4, 0.5) is 5.82 Å². The number of aromatic nitrogens is 2. The predicted molar refractivity (Wildman–Crippen MR) is 85.3 cm³/mol. The molecule has 1 rings (SSSR count). The number of rotatable bonds is 4. The molecule has 18 heavy (non-hydrogen) atoms. The van der Waals surface area contributed by atoms with E-state index >= 15 is 0 Å². The van der Waals surface area contributed by atoms with E-state index in [4.69, 9.17) is 5.73 Å². The zero-order valence-electron chi connectivity index (χ0n) is 11.0. The van der Waals surface area contributed by atoms with E-state index in [9.17, 15) is 0 Å². The minimum Gasteiger partial charge on any atom is -0.370 e. The Hall–Kier alpha value is -1.12. The van der Waals surface area contributed by atoms with Crippen molar-refractivity contribution in [3.8, 4) is 0 Å². The summed E-state index contributed by atoms with van der Waals surface area (Å²) >= 11 is 0. The molecule has 0 saturated carbocycles. The van der Waals surface area contributed by atoms with Gasteiger partial charge in [-0.2, -0.15) is 0 Å². The highest BCUT2D eigenvalue weighted by molar-refractivity contribution is 14.0. The molecule has 0 spiro atoms. The van der Waals surface area contributed by atoms with Gasteiger partial charge in [-0.1, -0.05) is 0 Å². The Balaban J connectivity index is 0.00000289. The number of nitrogens with one attached hydrogen (secondary N) is 2. The Labute approximate surface area is 125 Å². The average Bonchev–Trinajstić information content (AvgIpc) is 2.23. The van der Waals surface area contributed by atoms with Gasteiger partial charge in [-0.15, -0.1) is 24.0 Å². The number of halogens is 1. The van der Waals surface area contributed by atoms with Gasteiger partial charge in [0.1, 0.15) is 5.82 Å². The number of nitrogens with zero attached hydrogens (tertiary/aromatic N) is 3. The third-order valence-corrected chi connectivity index (χ3v) is 1.77. The lowest BCUT2D eigenvalue weighted by molar-refractivity contribution is 0.508. The molecule has 4 N–H and O–H groups in total. The Morgan fingerprint density at radius 3 is 2.67 bits per heavy atom. The van der Waals surface area contributed by atoms with Crippen LogP contribution in [0, 0.1) is 0 Å². The molecular formula is C11H21IN6. The molecule has 1 aromatic rings. The van der Waals surface area contributed by atoms with Crippen LogP contribution in [0.2, 0.25) is 0 Å². The van der Waals surface area contributed by atoms with Gasteiger partial charge in [0.05, 0.1) is 12.7 Å². The summed E-state index contributed by atoms with van der Waals surface area (Å²) in [5.41, 5.74) is 5.66. The van der Waals surface area contributed by atoms with Gasteiger partial charge < -0.3 is 16.4 Å². The largest absolute Gasteiger partial charge is 0.370 e. The zero-order valence-corrected chi connectivity index (χ0v) is 13.3. The molecule has 0 radical (unpaired) electrons. The first kappa shape index (κ1) is 16.9. The Bertz CT molecular complexity index is 360. The maximum Gasteiger partial charge on any atom is 0.189 e. The van der Waals surface area contributed by atoms with Crippen molar-refractivity contribution in [1.29, 1.82) is 0 Å². The summed E-state index contributed by atoms with van der Waals surface area (Å²) in [5, 5.41) is 6.19. The molecule has 0 amide bonds. The van der Waals surface area contributed by atoms with Crippen LogP contribution >= 0.6 is 24.0 Å². The topological polar surface area (TPSA) is 88.2 Å². The van der Waals surface area contributed by atoms with Crippen LogP contribution < -0.4 is 16.4 Å². The molecular weight excluding hydrogens is 343 g/mol.